The third kappa shape index (κ3) is 4.12. The van der Waals surface area contributed by atoms with Gasteiger partial charge < -0.3 is 15.8 Å². The minimum absolute atomic E-state index is 0.128. The Kier molecular flexibility index (Phi) is 6.31. The van der Waals surface area contributed by atoms with E-state index in [9.17, 15) is 17.2 Å². The molecule has 1 rings (SSSR count). The molecule has 8 heteroatoms. The number of halogens is 2. The molecule has 0 aliphatic heterocycles. The van der Waals surface area contributed by atoms with Crippen LogP contribution >= 0.6 is 0 Å². The molecule has 0 bridgehead atoms. The van der Waals surface area contributed by atoms with Crippen LogP contribution in [0.3, 0.4) is 0 Å². The summed E-state index contributed by atoms with van der Waals surface area (Å²) in [7, 11) is -3.16. The maximum atomic E-state index is 12.7. The van der Waals surface area contributed by atoms with E-state index < -0.39 is 20.5 Å². The minimum Gasteiger partial charge on any atom is -0.383 e. The fourth-order valence-corrected chi connectivity index (χ4v) is 2.64. The van der Waals surface area contributed by atoms with Crippen molar-refractivity contribution in [1.29, 1.82) is 0 Å². The molecule has 0 fully saturated rings. The number of hydrogen-bond acceptors (Lipinski definition) is 5. The molecule has 1 aromatic carbocycles. The topological polar surface area (TPSA) is 81.4 Å². The summed E-state index contributed by atoms with van der Waals surface area (Å²) in [6.07, 6.45) is 0.525. The van der Waals surface area contributed by atoms with Crippen molar-refractivity contribution in [3.63, 3.8) is 0 Å². The molecule has 0 saturated carbocycles. The van der Waals surface area contributed by atoms with Crippen molar-refractivity contribution in [1.82, 2.24) is 0 Å². The Bertz CT molecular complexity index is 517. The predicted octanol–water partition coefficient (Wildman–Crippen LogP) is 1.46. The van der Waals surface area contributed by atoms with Crippen molar-refractivity contribution in [2.45, 2.75) is 23.1 Å². The lowest BCUT2D eigenvalue weighted by Crippen LogP contribution is -2.28. The van der Waals surface area contributed by atoms with Crippen LogP contribution in [0.5, 0.6) is 0 Å². The third-order valence-electron chi connectivity index (χ3n) is 2.67. The van der Waals surface area contributed by atoms with Crippen LogP contribution in [-0.4, -0.2) is 40.5 Å². The molecule has 1 unspecified atom stereocenters. The van der Waals surface area contributed by atoms with Gasteiger partial charge in [0.15, 0.2) is 0 Å². The van der Waals surface area contributed by atoms with E-state index in [4.69, 9.17) is 10.5 Å². The van der Waals surface area contributed by atoms with Gasteiger partial charge in [-0.2, -0.15) is 8.78 Å². The molecule has 1 aromatic rings. The predicted molar refractivity (Wildman–Crippen MR) is 72.6 cm³/mol. The smallest absolute Gasteiger partial charge is 0.341 e. The first kappa shape index (κ1) is 16.8. The van der Waals surface area contributed by atoms with Crippen molar-refractivity contribution < 1.29 is 21.9 Å². The van der Waals surface area contributed by atoms with E-state index in [1.54, 1.807) is 6.07 Å². The van der Waals surface area contributed by atoms with Gasteiger partial charge in [-0.15, -0.1) is 0 Å². The second-order valence-electron chi connectivity index (χ2n) is 4.18. The van der Waals surface area contributed by atoms with Crippen LogP contribution < -0.4 is 11.1 Å². The van der Waals surface area contributed by atoms with Crippen molar-refractivity contribution in [3.05, 3.63) is 24.3 Å². The molecule has 1 atom stereocenters. The lowest BCUT2D eigenvalue weighted by atomic mass is 10.2. The third-order valence-corrected chi connectivity index (χ3v) is 4.11. The first-order chi connectivity index (χ1) is 9.43. The van der Waals surface area contributed by atoms with Crippen LogP contribution in [-0.2, 0) is 14.6 Å². The lowest BCUT2D eigenvalue weighted by molar-refractivity contribution is 0.183. The maximum absolute atomic E-state index is 12.7. The van der Waals surface area contributed by atoms with Gasteiger partial charge in [0.2, 0.25) is 9.84 Å². The summed E-state index contributed by atoms with van der Waals surface area (Å²) in [5, 5.41) is 2.89. The normalized spacial score (nSPS) is 13.4. The average molecular weight is 308 g/mol. The summed E-state index contributed by atoms with van der Waals surface area (Å²) >= 11 is 0. The quantitative estimate of drug-likeness (QED) is 0.760. The number of methoxy groups -OCH3 is 1. The molecule has 0 aliphatic carbocycles. The van der Waals surface area contributed by atoms with Gasteiger partial charge in [0, 0.05) is 7.11 Å². The highest BCUT2D eigenvalue weighted by molar-refractivity contribution is 7.91. The first-order valence-corrected chi connectivity index (χ1v) is 7.54. The van der Waals surface area contributed by atoms with Gasteiger partial charge in [-0.25, -0.2) is 8.42 Å². The van der Waals surface area contributed by atoms with Gasteiger partial charge >= 0.3 is 5.76 Å². The van der Waals surface area contributed by atoms with Gasteiger partial charge in [0.25, 0.3) is 0 Å². The van der Waals surface area contributed by atoms with Gasteiger partial charge in [0.05, 0.1) is 23.2 Å². The largest absolute Gasteiger partial charge is 0.383 e. The highest BCUT2D eigenvalue weighted by Crippen LogP contribution is 2.26. The first-order valence-electron chi connectivity index (χ1n) is 6.00. The number of alkyl halides is 2. The maximum Gasteiger partial charge on any atom is 0.341 e. The Morgan fingerprint density at radius 3 is 2.55 bits per heavy atom. The average Bonchev–Trinajstić information content (AvgIpc) is 2.39. The van der Waals surface area contributed by atoms with Crippen molar-refractivity contribution >= 4 is 15.5 Å². The van der Waals surface area contributed by atoms with Crippen LogP contribution in [0.1, 0.15) is 6.42 Å². The van der Waals surface area contributed by atoms with E-state index >= 15 is 0 Å². The number of hydrogen-bond donors (Lipinski definition) is 2. The van der Waals surface area contributed by atoms with E-state index in [-0.39, 0.29) is 11.7 Å². The highest BCUT2D eigenvalue weighted by Gasteiger charge is 2.29. The summed E-state index contributed by atoms with van der Waals surface area (Å²) in [4.78, 5) is -0.423. The number of rotatable bonds is 8. The molecule has 0 radical (unpaired) electrons. The second kappa shape index (κ2) is 7.51. The minimum atomic E-state index is -4.65. The number of anilines is 1. The zero-order valence-corrected chi connectivity index (χ0v) is 11.9. The van der Waals surface area contributed by atoms with E-state index in [0.717, 1.165) is 6.07 Å². The lowest BCUT2D eigenvalue weighted by Gasteiger charge is -2.20. The van der Waals surface area contributed by atoms with E-state index in [1.165, 1.54) is 19.2 Å². The SMILES string of the molecule is COCC(CCN)Nc1ccccc1S(=O)(=O)C(F)F. The molecular weight excluding hydrogens is 290 g/mol. The van der Waals surface area contributed by atoms with Crippen LogP contribution in [0, 0.1) is 0 Å². The summed E-state index contributed by atoms with van der Waals surface area (Å²) in [6, 6.07) is 5.30. The molecule has 0 aromatic heterocycles. The van der Waals surface area contributed by atoms with E-state index in [1.807, 2.05) is 0 Å². The van der Waals surface area contributed by atoms with Crippen LogP contribution in [0.25, 0.3) is 0 Å². The monoisotopic (exact) mass is 308 g/mol. The Hall–Kier alpha value is -1.25. The Balaban J connectivity index is 3.07. The molecular formula is C12H18F2N2O3S. The van der Waals surface area contributed by atoms with Crippen LogP contribution in [0.4, 0.5) is 14.5 Å². The molecule has 5 nitrogen and oxygen atoms in total. The van der Waals surface area contributed by atoms with Crippen molar-refractivity contribution in [2.24, 2.45) is 5.73 Å². The van der Waals surface area contributed by atoms with Gasteiger partial charge in [-0.05, 0) is 25.1 Å². The van der Waals surface area contributed by atoms with Gasteiger partial charge in [-0.3, -0.25) is 0 Å². The standard InChI is InChI=1S/C12H18F2N2O3S/c1-19-8-9(6-7-15)16-10-4-2-3-5-11(10)20(17,18)12(13)14/h2-5,9,12,16H,6-8,15H2,1H3. The molecule has 114 valence electrons. The van der Waals surface area contributed by atoms with E-state index in [2.05, 4.69) is 5.32 Å². The fraction of sp³-hybridized carbons (Fsp3) is 0.500. The van der Waals surface area contributed by atoms with Crippen molar-refractivity contribution in [3.8, 4) is 0 Å². The number of nitrogens with one attached hydrogen (secondary N) is 1. The van der Waals surface area contributed by atoms with Crippen molar-refractivity contribution in [2.75, 3.05) is 25.6 Å². The number of sulfone groups is 1. The molecule has 0 spiro atoms. The molecule has 20 heavy (non-hydrogen) atoms. The molecule has 0 saturated heterocycles. The van der Waals surface area contributed by atoms with Crippen LogP contribution in [0.15, 0.2) is 29.2 Å². The van der Waals surface area contributed by atoms with E-state index in [0.29, 0.717) is 19.6 Å². The zero-order valence-electron chi connectivity index (χ0n) is 11.1. The number of ether oxygens (including phenoxy) is 1. The highest BCUT2D eigenvalue weighted by atomic mass is 32.2. The van der Waals surface area contributed by atoms with Crippen LogP contribution in [0.2, 0.25) is 0 Å². The fourth-order valence-electron chi connectivity index (χ4n) is 1.75. The molecule has 3 N–H and O–H groups in total. The summed E-state index contributed by atoms with van der Waals surface area (Å²) in [5.74, 6) is -3.46. The summed E-state index contributed by atoms with van der Waals surface area (Å²) in [5.41, 5.74) is 5.58. The van der Waals surface area contributed by atoms with Gasteiger partial charge in [-0.1, -0.05) is 12.1 Å². The Labute approximate surface area is 117 Å². The zero-order chi connectivity index (χ0) is 15.2. The Morgan fingerprint density at radius 2 is 2.00 bits per heavy atom. The summed E-state index contributed by atoms with van der Waals surface area (Å²) in [6.45, 7) is 0.658. The Morgan fingerprint density at radius 1 is 1.35 bits per heavy atom. The molecule has 0 amide bonds. The van der Waals surface area contributed by atoms with Gasteiger partial charge in [0.1, 0.15) is 0 Å². The summed E-state index contributed by atoms with van der Waals surface area (Å²) < 4.78 is 53.5. The molecule has 0 heterocycles. The molecule has 0 aliphatic rings. The number of benzene rings is 1. The second-order valence-corrected chi connectivity index (χ2v) is 6.06. The number of para-hydroxylation sites is 1. The number of nitrogens with two attached hydrogens (primary N) is 1.